The Bertz CT molecular complexity index is 407. The van der Waals surface area contributed by atoms with Crippen LogP contribution in [-0.4, -0.2) is 28.8 Å². The van der Waals surface area contributed by atoms with Gasteiger partial charge < -0.3 is 15.7 Å². The number of aliphatic hydroxyl groups is 1. The molecule has 0 aromatic carbocycles. The maximum absolute atomic E-state index is 11.7. The van der Waals surface area contributed by atoms with E-state index in [2.05, 4.69) is 29.5 Å². The number of carbonyl (C=O) groups is 1. The third-order valence-electron chi connectivity index (χ3n) is 2.85. The lowest BCUT2D eigenvalue weighted by atomic mass is 10.0. The number of amides is 2. The highest BCUT2D eigenvalue weighted by Crippen LogP contribution is 2.04. The summed E-state index contributed by atoms with van der Waals surface area (Å²) in [7, 11) is 0. The molecule has 0 radical (unpaired) electrons. The molecular formula is C14H23N3O2. The molecule has 1 atom stereocenters. The van der Waals surface area contributed by atoms with Gasteiger partial charge >= 0.3 is 6.03 Å². The van der Waals surface area contributed by atoms with E-state index in [-0.39, 0.29) is 18.7 Å². The lowest BCUT2D eigenvalue weighted by Gasteiger charge is -2.18. The van der Waals surface area contributed by atoms with Crippen molar-refractivity contribution in [2.24, 2.45) is 5.92 Å². The minimum atomic E-state index is -0.273. The first-order valence-electron chi connectivity index (χ1n) is 6.58. The molecule has 1 heterocycles. The Morgan fingerprint density at radius 1 is 1.47 bits per heavy atom. The average molecular weight is 265 g/mol. The average Bonchev–Trinajstić information content (AvgIpc) is 2.36. The quantitative estimate of drug-likeness (QED) is 0.731. The van der Waals surface area contributed by atoms with Crippen molar-refractivity contribution in [2.45, 2.75) is 39.8 Å². The molecule has 0 fully saturated rings. The number of aromatic nitrogens is 1. The number of nitrogens with one attached hydrogen (secondary N) is 2. The van der Waals surface area contributed by atoms with Gasteiger partial charge in [0, 0.05) is 6.20 Å². The summed E-state index contributed by atoms with van der Waals surface area (Å²) in [5, 5.41) is 14.7. The molecule has 0 saturated carbocycles. The monoisotopic (exact) mass is 265 g/mol. The number of carbonyl (C=O) groups excluding carboxylic acids is 1. The third kappa shape index (κ3) is 5.70. The van der Waals surface area contributed by atoms with Crippen LogP contribution < -0.4 is 10.6 Å². The number of urea groups is 1. The third-order valence-corrected chi connectivity index (χ3v) is 2.85. The summed E-state index contributed by atoms with van der Waals surface area (Å²) in [5.41, 5.74) is 1.89. The van der Waals surface area contributed by atoms with Crippen LogP contribution in [0.2, 0.25) is 0 Å². The maximum atomic E-state index is 11.7. The summed E-state index contributed by atoms with van der Waals surface area (Å²) in [4.78, 5) is 15.9. The highest BCUT2D eigenvalue weighted by Gasteiger charge is 2.12. The van der Waals surface area contributed by atoms with Gasteiger partial charge in [-0.2, -0.15) is 0 Å². The fourth-order valence-corrected chi connectivity index (χ4v) is 1.85. The van der Waals surface area contributed by atoms with E-state index in [0.717, 1.165) is 17.7 Å². The molecule has 5 nitrogen and oxygen atoms in total. The van der Waals surface area contributed by atoms with Gasteiger partial charge in [-0.25, -0.2) is 4.79 Å². The van der Waals surface area contributed by atoms with Crippen LogP contribution in [0.1, 0.15) is 31.5 Å². The fourth-order valence-electron chi connectivity index (χ4n) is 1.85. The highest BCUT2D eigenvalue weighted by molar-refractivity contribution is 5.74. The molecule has 0 aliphatic rings. The zero-order valence-electron chi connectivity index (χ0n) is 11.8. The Labute approximate surface area is 114 Å². The zero-order valence-corrected chi connectivity index (χ0v) is 11.8. The summed E-state index contributed by atoms with van der Waals surface area (Å²) >= 11 is 0. The first kappa shape index (κ1) is 15.4. The predicted molar refractivity (Wildman–Crippen MR) is 74.7 cm³/mol. The van der Waals surface area contributed by atoms with E-state index in [0.29, 0.717) is 12.5 Å². The lowest BCUT2D eigenvalue weighted by Crippen LogP contribution is -2.44. The van der Waals surface area contributed by atoms with Gasteiger partial charge in [-0.1, -0.05) is 19.9 Å². The summed E-state index contributed by atoms with van der Waals surface area (Å²) in [6.07, 6.45) is 2.46. The van der Waals surface area contributed by atoms with Gasteiger partial charge in [0.2, 0.25) is 0 Å². The Morgan fingerprint density at radius 3 is 2.79 bits per heavy atom. The van der Waals surface area contributed by atoms with Gasteiger partial charge in [-0.15, -0.1) is 0 Å². The van der Waals surface area contributed by atoms with Crippen molar-refractivity contribution in [3.05, 3.63) is 29.6 Å². The van der Waals surface area contributed by atoms with Crippen LogP contribution >= 0.6 is 0 Å². The van der Waals surface area contributed by atoms with Gasteiger partial charge in [-0.05, 0) is 30.9 Å². The second kappa shape index (κ2) is 7.74. The number of rotatable bonds is 6. The first-order valence-corrected chi connectivity index (χ1v) is 6.58. The standard InChI is InChI=1S/C14H23N3O2/c1-10(2)7-12(9-18)17-14(19)16-8-13-11(3)5-4-6-15-13/h4-6,10,12,18H,7-9H2,1-3H3,(H2,16,17,19). The second-order valence-electron chi connectivity index (χ2n) is 5.10. The summed E-state index contributed by atoms with van der Waals surface area (Å²) in [6.45, 7) is 6.41. The van der Waals surface area contributed by atoms with Crippen LogP contribution in [0.3, 0.4) is 0 Å². The number of aryl methyl sites for hydroxylation is 1. The molecule has 2 amide bonds. The molecule has 1 unspecified atom stereocenters. The van der Waals surface area contributed by atoms with Crippen LogP contribution in [0, 0.1) is 12.8 Å². The molecule has 5 heteroatoms. The fraction of sp³-hybridized carbons (Fsp3) is 0.571. The summed E-state index contributed by atoms with van der Waals surface area (Å²) < 4.78 is 0. The molecule has 1 aromatic heterocycles. The smallest absolute Gasteiger partial charge is 0.315 e. The molecular weight excluding hydrogens is 242 g/mol. The van der Waals surface area contributed by atoms with Gasteiger partial charge in [0.25, 0.3) is 0 Å². The molecule has 19 heavy (non-hydrogen) atoms. The molecule has 1 rings (SSSR count). The first-order chi connectivity index (χ1) is 9.02. The molecule has 0 bridgehead atoms. The molecule has 0 spiro atoms. The van der Waals surface area contributed by atoms with Crippen molar-refractivity contribution >= 4 is 6.03 Å². The van der Waals surface area contributed by atoms with Gasteiger partial charge in [-0.3, -0.25) is 4.98 Å². The van der Waals surface area contributed by atoms with Crippen LogP contribution in [0.15, 0.2) is 18.3 Å². The van der Waals surface area contributed by atoms with Crippen LogP contribution in [0.5, 0.6) is 0 Å². The number of hydrogen-bond acceptors (Lipinski definition) is 3. The Kier molecular flexibility index (Phi) is 6.29. The Morgan fingerprint density at radius 2 is 2.21 bits per heavy atom. The molecule has 1 aromatic rings. The van der Waals surface area contributed by atoms with Gasteiger partial charge in [0.1, 0.15) is 0 Å². The largest absolute Gasteiger partial charge is 0.394 e. The Balaban J connectivity index is 2.41. The molecule has 0 aliphatic carbocycles. The maximum Gasteiger partial charge on any atom is 0.315 e. The van der Waals surface area contributed by atoms with E-state index < -0.39 is 0 Å². The van der Waals surface area contributed by atoms with Crippen molar-refractivity contribution in [3.8, 4) is 0 Å². The normalized spacial score (nSPS) is 12.3. The second-order valence-corrected chi connectivity index (χ2v) is 5.10. The zero-order chi connectivity index (χ0) is 14.3. The minimum Gasteiger partial charge on any atom is -0.394 e. The van der Waals surface area contributed by atoms with Crippen molar-refractivity contribution in [2.75, 3.05) is 6.61 Å². The van der Waals surface area contributed by atoms with Crippen LogP contribution in [0.25, 0.3) is 0 Å². The summed E-state index contributed by atoms with van der Waals surface area (Å²) in [6, 6.07) is 3.34. The van der Waals surface area contributed by atoms with Crippen LogP contribution in [0.4, 0.5) is 4.79 Å². The number of aliphatic hydroxyl groups excluding tert-OH is 1. The summed E-state index contributed by atoms with van der Waals surface area (Å²) in [5.74, 6) is 0.426. The number of pyridine rings is 1. The van der Waals surface area contributed by atoms with Gasteiger partial charge in [0.15, 0.2) is 0 Å². The van der Waals surface area contributed by atoms with Crippen molar-refractivity contribution in [1.82, 2.24) is 15.6 Å². The topological polar surface area (TPSA) is 74.2 Å². The lowest BCUT2D eigenvalue weighted by molar-refractivity contribution is 0.206. The van der Waals surface area contributed by atoms with E-state index in [1.807, 2.05) is 19.1 Å². The molecule has 106 valence electrons. The Hall–Kier alpha value is -1.62. The van der Waals surface area contributed by atoms with Crippen LogP contribution in [-0.2, 0) is 6.54 Å². The van der Waals surface area contributed by atoms with Gasteiger partial charge in [0.05, 0.1) is 24.9 Å². The van der Waals surface area contributed by atoms with E-state index in [9.17, 15) is 9.90 Å². The molecule has 0 aliphatic heterocycles. The molecule has 0 saturated heterocycles. The molecule has 3 N–H and O–H groups in total. The SMILES string of the molecule is Cc1cccnc1CNC(=O)NC(CO)CC(C)C. The van der Waals surface area contributed by atoms with Crippen molar-refractivity contribution in [1.29, 1.82) is 0 Å². The van der Waals surface area contributed by atoms with Crippen molar-refractivity contribution < 1.29 is 9.90 Å². The van der Waals surface area contributed by atoms with E-state index in [4.69, 9.17) is 0 Å². The minimum absolute atomic E-state index is 0.0474. The van der Waals surface area contributed by atoms with E-state index in [1.54, 1.807) is 6.20 Å². The number of hydrogen-bond donors (Lipinski definition) is 3. The van der Waals surface area contributed by atoms with E-state index >= 15 is 0 Å². The number of nitrogens with zero attached hydrogens (tertiary/aromatic N) is 1. The van der Waals surface area contributed by atoms with Crippen molar-refractivity contribution in [3.63, 3.8) is 0 Å². The predicted octanol–water partition coefficient (Wildman–Crippen LogP) is 1.60. The highest BCUT2D eigenvalue weighted by atomic mass is 16.3. The van der Waals surface area contributed by atoms with E-state index in [1.165, 1.54) is 0 Å².